The van der Waals surface area contributed by atoms with E-state index < -0.39 is 0 Å². The van der Waals surface area contributed by atoms with Crippen LogP contribution in [0.3, 0.4) is 0 Å². The molecule has 0 bridgehead atoms. The highest BCUT2D eigenvalue weighted by Gasteiger charge is 2.25. The fraction of sp³-hybridized carbons (Fsp3) is 0.412. The number of benzene rings is 1. The van der Waals surface area contributed by atoms with E-state index >= 15 is 0 Å². The summed E-state index contributed by atoms with van der Waals surface area (Å²) in [6, 6.07) is 10.0. The highest BCUT2D eigenvalue weighted by molar-refractivity contribution is 5.94. The van der Waals surface area contributed by atoms with Gasteiger partial charge in [-0.1, -0.05) is 12.8 Å². The molecule has 21 heavy (non-hydrogen) atoms. The Labute approximate surface area is 125 Å². The molecule has 0 unspecified atom stereocenters. The molecule has 0 radical (unpaired) electrons. The average molecular weight is 283 g/mol. The predicted octanol–water partition coefficient (Wildman–Crippen LogP) is 3.28. The molecular formula is C17H21N3O. The van der Waals surface area contributed by atoms with Crippen LogP contribution in [0.15, 0.2) is 42.7 Å². The Morgan fingerprint density at radius 3 is 2.57 bits per heavy atom. The zero-order valence-electron chi connectivity index (χ0n) is 12.4. The van der Waals surface area contributed by atoms with E-state index in [2.05, 4.69) is 12.0 Å². The van der Waals surface area contributed by atoms with Crippen LogP contribution in [0.25, 0.3) is 5.69 Å². The van der Waals surface area contributed by atoms with Crippen LogP contribution in [0, 0.1) is 0 Å². The third kappa shape index (κ3) is 2.84. The smallest absolute Gasteiger partial charge is 0.254 e. The summed E-state index contributed by atoms with van der Waals surface area (Å²) in [4.78, 5) is 14.7. The van der Waals surface area contributed by atoms with Gasteiger partial charge >= 0.3 is 0 Å². The van der Waals surface area contributed by atoms with Gasteiger partial charge in [-0.25, -0.2) is 4.68 Å². The number of amides is 1. The lowest BCUT2D eigenvalue weighted by atomic mass is 10.1. The molecule has 4 nitrogen and oxygen atoms in total. The van der Waals surface area contributed by atoms with Crippen molar-refractivity contribution in [2.24, 2.45) is 0 Å². The first kappa shape index (κ1) is 13.9. The van der Waals surface area contributed by atoms with Crippen molar-refractivity contribution in [1.82, 2.24) is 14.7 Å². The Hall–Kier alpha value is -2.10. The van der Waals surface area contributed by atoms with Gasteiger partial charge in [-0.05, 0) is 50.1 Å². The average Bonchev–Trinajstić information content (AvgIpc) is 3.22. The van der Waals surface area contributed by atoms with Crippen molar-refractivity contribution in [3.8, 4) is 5.69 Å². The molecule has 0 spiro atoms. The van der Waals surface area contributed by atoms with Gasteiger partial charge in [0.15, 0.2) is 0 Å². The maximum absolute atomic E-state index is 12.7. The summed E-state index contributed by atoms with van der Waals surface area (Å²) in [5, 5.41) is 4.20. The molecule has 4 heteroatoms. The van der Waals surface area contributed by atoms with E-state index in [0.717, 1.165) is 30.6 Å². The van der Waals surface area contributed by atoms with Crippen LogP contribution < -0.4 is 0 Å². The predicted molar refractivity (Wildman–Crippen MR) is 82.5 cm³/mol. The van der Waals surface area contributed by atoms with Crippen molar-refractivity contribution in [3.63, 3.8) is 0 Å². The van der Waals surface area contributed by atoms with Crippen LogP contribution in [0.5, 0.6) is 0 Å². The molecule has 110 valence electrons. The minimum atomic E-state index is 0.149. The summed E-state index contributed by atoms with van der Waals surface area (Å²) < 4.78 is 1.79. The summed E-state index contributed by atoms with van der Waals surface area (Å²) in [6.07, 6.45) is 8.42. The second-order valence-corrected chi connectivity index (χ2v) is 5.53. The number of carbonyl (C=O) groups excluding carboxylic acids is 1. The minimum Gasteiger partial charge on any atom is -0.336 e. The van der Waals surface area contributed by atoms with Gasteiger partial charge in [0.25, 0.3) is 5.91 Å². The first-order chi connectivity index (χ1) is 10.3. The Morgan fingerprint density at radius 1 is 1.29 bits per heavy atom. The zero-order chi connectivity index (χ0) is 14.7. The fourth-order valence-corrected chi connectivity index (χ4v) is 3.13. The maximum Gasteiger partial charge on any atom is 0.254 e. The van der Waals surface area contributed by atoms with E-state index in [9.17, 15) is 4.79 Å². The molecule has 1 aromatic carbocycles. The van der Waals surface area contributed by atoms with Gasteiger partial charge in [-0.3, -0.25) is 4.79 Å². The molecule has 1 fully saturated rings. The van der Waals surface area contributed by atoms with E-state index in [1.54, 1.807) is 10.9 Å². The van der Waals surface area contributed by atoms with Crippen molar-refractivity contribution in [3.05, 3.63) is 48.3 Å². The number of hydrogen-bond donors (Lipinski definition) is 0. The Bertz CT molecular complexity index is 583. The molecule has 1 amide bonds. The summed E-state index contributed by atoms with van der Waals surface area (Å²) in [6.45, 7) is 2.85. The van der Waals surface area contributed by atoms with Crippen LogP contribution in [-0.2, 0) is 0 Å². The lowest BCUT2D eigenvalue weighted by Crippen LogP contribution is -2.38. The summed E-state index contributed by atoms with van der Waals surface area (Å²) in [7, 11) is 0. The van der Waals surface area contributed by atoms with Gasteiger partial charge in [0.05, 0.1) is 5.69 Å². The Morgan fingerprint density at radius 2 is 2.00 bits per heavy atom. The third-order valence-corrected chi connectivity index (χ3v) is 4.25. The first-order valence-electron chi connectivity index (χ1n) is 7.70. The van der Waals surface area contributed by atoms with E-state index in [1.165, 1.54) is 12.8 Å². The molecule has 1 aliphatic rings. The molecule has 0 atom stereocenters. The maximum atomic E-state index is 12.7. The highest BCUT2D eigenvalue weighted by Crippen LogP contribution is 2.25. The van der Waals surface area contributed by atoms with E-state index in [0.29, 0.717) is 6.04 Å². The summed E-state index contributed by atoms with van der Waals surface area (Å²) in [5.74, 6) is 0.149. The lowest BCUT2D eigenvalue weighted by molar-refractivity contribution is 0.0693. The van der Waals surface area contributed by atoms with Crippen LogP contribution in [-0.4, -0.2) is 33.2 Å². The largest absolute Gasteiger partial charge is 0.336 e. The second kappa shape index (κ2) is 6.12. The number of aromatic nitrogens is 2. The molecule has 0 aliphatic heterocycles. The van der Waals surface area contributed by atoms with Gasteiger partial charge < -0.3 is 4.90 Å². The Kier molecular flexibility index (Phi) is 4.04. The van der Waals surface area contributed by atoms with E-state index in [1.807, 2.05) is 41.4 Å². The topological polar surface area (TPSA) is 38.1 Å². The van der Waals surface area contributed by atoms with Gasteiger partial charge in [-0.2, -0.15) is 5.10 Å². The van der Waals surface area contributed by atoms with Crippen molar-refractivity contribution < 1.29 is 4.79 Å². The molecule has 1 saturated carbocycles. The molecule has 1 heterocycles. The quantitative estimate of drug-likeness (QED) is 0.863. The lowest BCUT2D eigenvalue weighted by Gasteiger charge is -2.27. The molecule has 1 aliphatic carbocycles. The summed E-state index contributed by atoms with van der Waals surface area (Å²) in [5.41, 5.74) is 1.74. The van der Waals surface area contributed by atoms with E-state index in [4.69, 9.17) is 0 Å². The zero-order valence-corrected chi connectivity index (χ0v) is 12.4. The third-order valence-electron chi connectivity index (χ3n) is 4.25. The van der Waals surface area contributed by atoms with Crippen molar-refractivity contribution in [2.75, 3.05) is 6.54 Å². The van der Waals surface area contributed by atoms with Crippen molar-refractivity contribution in [1.29, 1.82) is 0 Å². The SMILES string of the molecule is CCN(C(=O)c1ccc(-n2cccn2)cc1)C1CCCC1. The molecule has 0 N–H and O–H groups in total. The number of rotatable bonds is 4. The molecule has 2 aromatic rings. The van der Waals surface area contributed by atoms with Gasteiger partial charge in [0.2, 0.25) is 0 Å². The van der Waals surface area contributed by atoms with Crippen molar-refractivity contribution >= 4 is 5.91 Å². The number of nitrogens with zero attached hydrogens (tertiary/aromatic N) is 3. The molecular weight excluding hydrogens is 262 g/mol. The monoisotopic (exact) mass is 283 g/mol. The summed E-state index contributed by atoms with van der Waals surface area (Å²) >= 11 is 0. The minimum absolute atomic E-state index is 0.149. The normalized spacial score (nSPS) is 15.3. The standard InChI is InChI=1S/C17H21N3O/c1-2-19(15-6-3-4-7-15)17(21)14-8-10-16(11-9-14)20-13-5-12-18-20/h5,8-13,15H,2-4,6-7H2,1H3. The first-order valence-corrected chi connectivity index (χ1v) is 7.70. The van der Waals surface area contributed by atoms with Crippen molar-refractivity contribution in [2.45, 2.75) is 38.6 Å². The molecule has 3 rings (SSSR count). The highest BCUT2D eigenvalue weighted by atomic mass is 16.2. The number of hydrogen-bond acceptors (Lipinski definition) is 2. The van der Waals surface area contributed by atoms with Gasteiger partial charge in [-0.15, -0.1) is 0 Å². The fourth-order valence-electron chi connectivity index (χ4n) is 3.13. The van der Waals surface area contributed by atoms with Crippen LogP contribution in [0.2, 0.25) is 0 Å². The van der Waals surface area contributed by atoms with Crippen LogP contribution in [0.1, 0.15) is 43.0 Å². The van der Waals surface area contributed by atoms with E-state index in [-0.39, 0.29) is 5.91 Å². The molecule has 0 saturated heterocycles. The Balaban J connectivity index is 1.77. The molecule has 1 aromatic heterocycles. The van der Waals surface area contributed by atoms with Gasteiger partial charge in [0, 0.05) is 30.5 Å². The van der Waals surface area contributed by atoms with Gasteiger partial charge in [0.1, 0.15) is 0 Å². The van der Waals surface area contributed by atoms with Crippen LogP contribution >= 0.6 is 0 Å². The second-order valence-electron chi connectivity index (χ2n) is 5.53. The van der Waals surface area contributed by atoms with Crippen LogP contribution in [0.4, 0.5) is 0 Å². The number of carbonyl (C=O) groups is 1.